The van der Waals surface area contributed by atoms with Crippen molar-refractivity contribution < 1.29 is 19.0 Å². The van der Waals surface area contributed by atoms with Crippen molar-refractivity contribution in [3.8, 4) is 0 Å². The minimum atomic E-state index is -1.74. The highest BCUT2D eigenvalue weighted by Gasteiger charge is 2.37. The van der Waals surface area contributed by atoms with E-state index in [4.69, 9.17) is 14.2 Å². The Kier molecular flexibility index (Phi) is 6.01. The number of hydrogen-bond acceptors (Lipinski definition) is 4. The molecule has 0 amide bonds. The van der Waals surface area contributed by atoms with Gasteiger partial charge in [0.25, 0.3) is 0 Å². The van der Waals surface area contributed by atoms with Crippen LogP contribution in [0.15, 0.2) is 0 Å². The molecular weight excluding hydrogens is 260 g/mol. The molecule has 0 N–H and O–H groups in total. The second-order valence-corrected chi connectivity index (χ2v) is 10.7. The van der Waals surface area contributed by atoms with Crippen LogP contribution in [-0.2, 0) is 19.0 Å². The van der Waals surface area contributed by atoms with Crippen LogP contribution in [0.4, 0.5) is 0 Å². The predicted octanol–water partition coefficient (Wildman–Crippen LogP) is 3.67. The molecule has 0 unspecified atom stereocenters. The summed E-state index contributed by atoms with van der Waals surface area (Å²) < 4.78 is 10.9. The lowest BCUT2D eigenvalue weighted by Gasteiger charge is -2.33. The van der Waals surface area contributed by atoms with Crippen LogP contribution in [0.2, 0.25) is 18.1 Å². The van der Waals surface area contributed by atoms with Gasteiger partial charge in [-0.25, -0.2) is 4.89 Å². The van der Waals surface area contributed by atoms with Crippen molar-refractivity contribution in [2.75, 3.05) is 6.61 Å². The van der Waals surface area contributed by atoms with Crippen molar-refractivity contribution in [1.29, 1.82) is 0 Å². The van der Waals surface area contributed by atoms with E-state index in [1.165, 1.54) is 0 Å². The molecule has 1 fully saturated rings. The van der Waals surface area contributed by atoms with Crippen molar-refractivity contribution in [2.45, 2.75) is 71.2 Å². The lowest BCUT2D eigenvalue weighted by Crippen LogP contribution is -2.40. The molecule has 0 aromatic rings. The first kappa shape index (κ1) is 16.7. The topological polar surface area (TPSA) is 44.8 Å². The minimum absolute atomic E-state index is 0.0421. The molecule has 19 heavy (non-hydrogen) atoms. The molecule has 1 saturated heterocycles. The molecule has 1 atom stereocenters. The number of esters is 1. The van der Waals surface area contributed by atoms with Gasteiger partial charge in [-0.3, -0.25) is 9.37 Å². The Bertz CT molecular complexity index is 292. The Hall–Kier alpha value is -0.393. The van der Waals surface area contributed by atoms with Gasteiger partial charge in [-0.15, -0.1) is 0 Å². The highest BCUT2D eigenvalue weighted by molar-refractivity contribution is 6.73. The molecule has 0 saturated carbocycles. The molecule has 5 heteroatoms. The summed E-state index contributed by atoms with van der Waals surface area (Å²) in [7, 11) is -1.74. The van der Waals surface area contributed by atoms with E-state index in [0.29, 0.717) is 13.0 Å². The second-order valence-electron chi connectivity index (χ2n) is 6.03. The molecule has 4 nitrogen and oxygen atoms in total. The summed E-state index contributed by atoms with van der Waals surface area (Å²) in [6, 6.07) is 3.17. The molecule has 0 spiro atoms. The first-order valence-electron chi connectivity index (χ1n) is 7.41. The summed E-state index contributed by atoms with van der Waals surface area (Å²) in [4.78, 5) is 17.2. The molecule has 0 radical (unpaired) electrons. The van der Waals surface area contributed by atoms with Gasteiger partial charge in [-0.05, 0) is 44.8 Å². The van der Waals surface area contributed by atoms with Crippen LogP contribution in [0, 0.1) is 5.92 Å². The maximum Gasteiger partial charge on any atom is 0.309 e. The summed E-state index contributed by atoms with van der Waals surface area (Å²) in [6.07, 6.45) is 1.46. The van der Waals surface area contributed by atoms with Gasteiger partial charge in [0.05, 0.1) is 18.1 Å². The van der Waals surface area contributed by atoms with E-state index < -0.39 is 13.9 Å². The summed E-state index contributed by atoms with van der Waals surface area (Å²) >= 11 is 0. The third kappa shape index (κ3) is 4.58. The Morgan fingerprint density at radius 2 is 1.84 bits per heavy atom. The van der Waals surface area contributed by atoms with Gasteiger partial charge in [-0.1, -0.05) is 20.8 Å². The average molecular weight is 288 g/mol. The molecule has 1 rings (SSSR count). The Labute approximate surface area is 117 Å². The molecule has 0 aromatic heterocycles. The fourth-order valence-corrected chi connectivity index (χ4v) is 4.73. The third-order valence-electron chi connectivity index (χ3n) is 4.16. The third-order valence-corrected chi connectivity index (χ3v) is 8.46. The highest BCUT2D eigenvalue weighted by atomic mass is 28.4. The van der Waals surface area contributed by atoms with E-state index >= 15 is 0 Å². The number of carbonyl (C=O) groups excluding carboxylic acids is 1. The molecule has 0 aromatic carbocycles. The smallest absolute Gasteiger partial charge is 0.309 e. The van der Waals surface area contributed by atoms with Gasteiger partial charge in [-0.2, -0.15) is 0 Å². The predicted molar refractivity (Wildman–Crippen MR) is 77.1 cm³/mol. The van der Waals surface area contributed by atoms with E-state index in [-0.39, 0.29) is 11.9 Å². The van der Waals surface area contributed by atoms with Gasteiger partial charge < -0.3 is 4.74 Å². The number of rotatable bonds is 8. The van der Waals surface area contributed by atoms with E-state index in [1.807, 2.05) is 13.8 Å². The van der Waals surface area contributed by atoms with Crippen molar-refractivity contribution in [3.05, 3.63) is 0 Å². The standard InChI is InChI=1S/C14H28O4Si/c1-6-19(7-2,8-3)18-17-14(4,5)11-12-9-10-16-13(12)15/h12H,6-11H2,1-5H3/t12-/m0/s1. The van der Waals surface area contributed by atoms with Crippen LogP contribution in [0.25, 0.3) is 0 Å². The van der Waals surface area contributed by atoms with Gasteiger partial charge in [0.1, 0.15) is 0 Å². The summed E-state index contributed by atoms with van der Waals surface area (Å²) in [5.74, 6) is -0.138. The molecule has 112 valence electrons. The van der Waals surface area contributed by atoms with E-state index in [9.17, 15) is 4.79 Å². The van der Waals surface area contributed by atoms with Gasteiger partial charge in [0.2, 0.25) is 8.32 Å². The summed E-state index contributed by atoms with van der Waals surface area (Å²) in [5, 5.41) is 0. The van der Waals surface area contributed by atoms with Crippen molar-refractivity contribution in [1.82, 2.24) is 0 Å². The van der Waals surface area contributed by atoms with Crippen molar-refractivity contribution in [3.63, 3.8) is 0 Å². The zero-order valence-corrected chi connectivity index (χ0v) is 14.0. The number of cyclic esters (lactones) is 1. The monoisotopic (exact) mass is 288 g/mol. The van der Waals surface area contributed by atoms with Gasteiger partial charge >= 0.3 is 5.97 Å². The van der Waals surface area contributed by atoms with Crippen LogP contribution in [0.3, 0.4) is 0 Å². The fourth-order valence-electron chi connectivity index (χ4n) is 2.48. The van der Waals surface area contributed by atoms with Crippen LogP contribution < -0.4 is 0 Å². The zero-order valence-electron chi connectivity index (χ0n) is 13.0. The first-order valence-corrected chi connectivity index (χ1v) is 9.94. The Morgan fingerprint density at radius 1 is 1.26 bits per heavy atom. The number of hydrogen-bond donors (Lipinski definition) is 0. The maximum atomic E-state index is 11.5. The maximum absolute atomic E-state index is 11.5. The highest BCUT2D eigenvalue weighted by Crippen LogP contribution is 2.30. The number of carbonyl (C=O) groups is 1. The number of ether oxygens (including phenoxy) is 1. The zero-order chi connectivity index (χ0) is 14.5. The molecule has 0 bridgehead atoms. The largest absolute Gasteiger partial charge is 0.465 e. The fraction of sp³-hybridized carbons (Fsp3) is 0.929. The van der Waals surface area contributed by atoms with Crippen LogP contribution >= 0.6 is 0 Å². The van der Waals surface area contributed by atoms with Crippen LogP contribution in [-0.4, -0.2) is 26.5 Å². The van der Waals surface area contributed by atoms with E-state index in [2.05, 4.69) is 20.8 Å². The lowest BCUT2D eigenvalue weighted by atomic mass is 9.93. The van der Waals surface area contributed by atoms with E-state index in [1.54, 1.807) is 0 Å². The van der Waals surface area contributed by atoms with Crippen molar-refractivity contribution in [2.24, 2.45) is 5.92 Å². The summed E-state index contributed by atoms with van der Waals surface area (Å²) in [6.45, 7) is 11.0. The van der Waals surface area contributed by atoms with Crippen LogP contribution in [0.1, 0.15) is 47.5 Å². The normalized spacial score (nSPS) is 20.7. The SMILES string of the molecule is CC[Si](CC)(CC)OOC(C)(C)C[C@@H]1CCOC1=O. The molecule has 1 aliphatic heterocycles. The van der Waals surface area contributed by atoms with Crippen LogP contribution in [0.5, 0.6) is 0 Å². The molecular formula is C14H28O4Si. The summed E-state index contributed by atoms with van der Waals surface area (Å²) in [5.41, 5.74) is -0.439. The quantitative estimate of drug-likeness (QED) is 0.296. The Balaban J connectivity index is 2.51. The van der Waals surface area contributed by atoms with Gasteiger partial charge in [0, 0.05) is 0 Å². The molecule has 1 heterocycles. The second kappa shape index (κ2) is 6.86. The average Bonchev–Trinajstić information content (AvgIpc) is 2.77. The van der Waals surface area contributed by atoms with Gasteiger partial charge in [0.15, 0.2) is 0 Å². The first-order chi connectivity index (χ1) is 8.88. The van der Waals surface area contributed by atoms with Crippen molar-refractivity contribution >= 4 is 14.3 Å². The Morgan fingerprint density at radius 3 is 2.26 bits per heavy atom. The van der Waals surface area contributed by atoms with E-state index in [0.717, 1.165) is 24.6 Å². The molecule has 1 aliphatic rings. The minimum Gasteiger partial charge on any atom is -0.465 e. The molecule has 0 aliphatic carbocycles. The lowest BCUT2D eigenvalue weighted by molar-refractivity contribution is -0.296.